The molecule has 1 aromatic heterocycles. The van der Waals surface area contributed by atoms with E-state index >= 15 is 0 Å². The second kappa shape index (κ2) is 12.4. The maximum Gasteiger partial charge on any atom is 0.264 e. The molecule has 3 heterocycles. The number of benzene rings is 4. The molecule has 0 atom stereocenters. The minimum atomic E-state index is 0.0556. The quantitative estimate of drug-likeness (QED) is 0.161. The Bertz CT molecular complexity index is 2510. The lowest BCUT2D eigenvalue weighted by atomic mass is 9.35. The number of thiophene rings is 1. The van der Waals surface area contributed by atoms with Crippen LogP contribution in [-0.4, -0.2) is 6.71 Å². The summed E-state index contributed by atoms with van der Waals surface area (Å²) < 4.78 is 1.53. The van der Waals surface area contributed by atoms with E-state index in [0.717, 1.165) is 0 Å². The molecule has 0 N–H and O–H groups in total. The minimum absolute atomic E-state index is 0.0556. The van der Waals surface area contributed by atoms with E-state index in [9.17, 15) is 0 Å². The Labute approximate surface area is 355 Å². The van der Waals surface area contributed by atoms with Gasteiger partial charge in [-0.1, -0.05) is 127 Å². The summed E-state index contributed by atoms with van der Waals surface area (Å²) in [4.78, 5) is 6.99. The molecule has 302 valence electrons. The third-order valence-corrected chi connectivity index (χ3v) is 16.6. The highest BCUT2D eigenvalue weighted by Crippen LogP contribution is 2.57. The molecule has 0 fully saturated rings. The van der Waals surface area contributed by atoms with Crippen molar-refractivity contribution in [2.24, 2.45) is 0 Å². The summed E-state index contributed by atoms with van der Waals surface area (Å²) in [7, 11) is 0. The molecule has 2 aliphatic heterocycles. The van der Waals surface area contributed by atoms with Gasteiger partial charge in [0.2, 0.25) is 0 Å². The second-order valence-corrected chi connectivity index (χ2v) is 24.4. The maximum absolute atomic E-state index is 2.72. The van der Waals surface area contributed by atoms with Crippen molar-refractivity contribution in [3.63, 3.8) is 0 Å². The second-order valence-electron chi connectivity index (χ2n) is 23.4. The molecule has 0 radical (unpaired) electrons. The van der Waals surface area contributed by atoms with E-state index in [2.05, 4.69) is 199 Å². The van der Waals surface area contributed by atoms with Gasteiger partial charge in [0.05, 0.1) is 5.69 Å². The first kappa shape index (κ1) is 39.7. The topological polar surface area (TPSA) is 6.48 Å². The molecule has 4 heteroatoms. The average molecular weight is 787 g/mol. The van der Waals surface area contributed by atoms with Crippen LogP contribution in [0.5, 0.6) is 0 Å². The molecule has 0 bridgehead atoms. The molecule has 0 spiro atoms. The highest BCUT2D eigenvalue weighted by molar-refractivity contribution is 7.29. The number of fused-ring (bicyclic) bond motifs is 7. The molecule has 58 heavy (non-hydrogen) atoms. The van der Waals surface area contributed by atoms with Gasteiger partial charge in [-0.2, -0.15) is 11.3 Å². The van der Waals surface area contributed by atoms with E-state index < -0.39 is 0 Å². The number of hydrogen-bond donors (Lipinski definition) is 0. The summed E-state index contributed by atoms with van der Waals surface area (Å²) in [5, 5.41) is 0. The van der Waals surface area contributed by atoms with Gasteiger partial charge in [0.15, 0.2) is 0 Å². The molecular weight excluding hydrogens is 719 g/mol. The van der Waals surface area contributed by atoms with Gasteiger partial charge in [-0.3, -0.25) is 0 Å². The summed E-state index contributed by atoms with van der Waals surface area (Å²) in [5.41, 5.74) is 21.5. The largest absolute Gasteiger partial charge is 0.311 e. The maximum atomic E-state index is 2.72. The van der Waals surface area contributed by atoms with Gasteiger partial charge in [-0.25, -0.2) is 0 Å². The van der Waals surface area contributed by atoms with Gasteiger partial charge < -0.3 is 9.80 Å². The Morgan fingerprint density at radius 1 is 0.552 bits per heavy atom. The molecule has 5 aromatic rings. The number of hydrogen-bond acceptors (Lipinski definition) is 3. The predicted octanol–water partition coefficient (Wildman–Crippen LogP) is 13.7. The zero-order chi connectivity index (χ0) is 41.9. The van der Waals surface area contributed by atoms with Crippen LogP contribution in [0.25, 0.3) is 0 Å². The van der Waals surface area contributed by atoms with Gasteiger partial charge in [0.1, 0.15) is 0 Å². The molecule has 0 saturated carbocycles. The van der Waals surface area contributed by atoms with Gasteiger partial charge in [0, 0.05) is 38.1 Å². The molecule has 0 saturated heterocycles. The van der Waals surface area contributed by atoms with Crippen molar-refractivity contribution >= 4 is 67.9 Å². The summed E-state index contributed by atoms with van der Waals surface area (Å²) >= 11 is 2.14. The van der Waals surface area contributed by atoms with E-state index in [1.165, 1.54) is 103 Å². The first-order valence-corrected chi connectivity index (χ1v) is 23.0. The van der Waals surface area contributed by atoms with Crippen LogP contribution in [0.4, 0.5) is 34.1 Å². The Kier molecular flexibility index (Phi) is 8.49. The Balaban J connectivity index is 1.43. The Hall–Kier alpha value is -3.76. The van der Waals surface area contributed by atoms with Crippen molar-refractivity contribution in [3.8, 4) is 0 Å². The Morgan fingerprint density at radius 3 is 1.67 bits per heavy atom. The number of nitrogens with zero attached hydrogens (tertiary/aromatic N) is 2. The fourth-order valence-corrected chi connectivity index (χ4v) is 12.7. The lowest BCUT2D eigenvalue weighted by Gasteiger charge is -2.48. The fourth-order valence-electron chi connectivity index (χ4n) is 11.0. The van der Waals surface area contributed by atoms with Crippen LogP contribution in [0.1, 0.15) is 166 Å². The Morgan fingerprint density at radius 2 is 1.09 bits per heavy atom. The van der Waals surface area contributed by atoms with Crippen molar-refractivity contribution in [3.05, 3.63) is 111 Å². The van der Waals surface area contributed by atoms with E-state index in [0.29, 0.717) is 0 Å². The smallest absolute Gasteiger partial charge is 0.264 e. The van der Waals surface area contributed by atoms with Crippen LogP contribution in [0.15, 0.2) is 66.7 Å². The predicted molar refractivity (Wildman–Crippen MR) is 256 cm³/mol. The van der Waals surface area contributed by atoms with Crippen molar-refractivity contribution in [2.45, 2.75) is 169 Å². The zero-order valence-electron chi connectivity index (χ0n) is 38.6. The van der Waals surface area contributed by atoms with Gasteiger partial charge >= 0.3 is 0 Å². The van der Waals surface area contributed by atoms with Crippen LogP contribution < -0.4 is 25.5 Å². The molecular formula is C54H67BN2S. The van der Waals surface area contributed by atoms with E-state index in [4.69, 9.17) is 0 Å². The van der Waals surface area contributed by atoms with Crippen molar-refractivity contribution in [1.29, 1.82) is 0 Å². The summed E-state index contributed by atoms with van der Waals surface area (Å²) in [6, 6.07) is 27.3. The first-order chi connectivity index (χ1) is 26.8. The average Bonchev–Trinajstić information content (AvgIpc) is 3.54. The van der Waals surface area contributed by atoms with Gasteiger partial charge in [-0.05, 0) is 158 Å². The third kappa shape index (κ3) is 5.84. The first-order valence-electron chi connectivity index (χ1n) is 22.1. The molecule has 2 aliphatic carbocycles. The van der Waals surface area contributed by atoms with Crippen LogP contribution in [0, 0.1) is 13.8 Å². The summed E-state index contributed by atoms with van der Waals surface area (Å²) in [6.07, 6.45) is 4.80. The van der Waals surface area contributed by atoms with Crippen molar-refractivity contribution < 1.29 is 0 Å². The lowest BCUT2D eigenvalue weighted by Crippen LogP contribution is -2.61. The highest BCUT2D eigenvalue weighted by atomic mass is 32.1. The monoisotopic (exact) mass is 787 g/mol. The molecule has 0 unspecified atom stereocenters. The van der Waals surface area contributed by atoms with Crippen LogP contribution in [0.2, 0.25) is 0 Å². The summed E-state index contributed by atoms with van der Waals surface area (Å²) in [6.45, 7) is 38.8. The SMILES string of the molecule is Cc1cc2c3c(c1)N(c1ccc(C(C)(C)C)cc1)c1c(sc4c1C(C)(C)CCC4(C)C)B3c1cc3c(cc1N2c1ccc(C(C)(C)C)cc1C)C(C)(C)CCC3(C)C. The van der Waals surface area contributed by atoms with E-state index in [-0.39, 0.29) is 39.2 Å². The van der Waals surface area contributed by atoms with Gasteiger partial charge in [0.25, 0.3) is 6.71 Å². The minimum Gasteiger partial charge on any atom is -0.311 e. The third-order valence-electron chi connectivity index (χ3n) is 15.0. The molecule has 4 aliphatic rings. The molecule has 2 nitrogen and oxygen atoms in total. The van der Waals surface area contributed by atoms with Crippen LogP contribution >= 0.6 is 11.3 Å². The van der Waals surface area contributed by atoms with Crippen LogP contribution in [0.3, 0.4) is 0 Å². The number of rotatable bonds is 2. The van der Waals surface area contributed by atoms with Crippen molar-refractivity contribution in [1.82, 2.24) is 0 Å². The van der Waals surface area contributed by atoms with Crippen molar-refractivity contribution in [2.75, 3.05) is 9.80 Å². The molecule has 4 aromatic carbocycles. The standard InChI is InChI=1S/C54H67BN2S/c1-32-27-42-45-43(28-32)57(40-22-19-35(29-33(40)2)50(6,7)8)41-31-38-37(51(9,10)23-24-52(38,11)12)30-39(41)55(45)48-46(44-47(58-48)54(15,16)26-25-53(44,13)14)56(42)36-20-17-34(18-21-36)49(3,4)5/h17-22,27-31H,23-26H2,1-16H3. The lowest BCUT2D eigenvalue weighted by molar-refractivity contribution is 0.332. The number of aryl methyl sites for hydroxylation is 2. The van der Waals surface area contributed by atoms with Crippen LogP contribution in [-0.2, 0) is 32.5 Å². The van der Waals surface area contributed by atoms with E-state index in [1.54, 1.807) is 16.0 Å². The zero-order valence-corrected chi connectivity index (χ0v) is 39.4. The molecule has 9 rings (SSSR count). The van der Waals surface area contributed by atoms with Gasteiger partial charge in [-0.15, -0.1) is 0 Å². The highest BCUT2D eigenvalue weighted by Gasteiger charge is 2.52. The normalized spacial score (nSPS) is 19.6. The van der Waals surface area contributed by atoms with E-state index in [1.807, 2.05) is 0 Å². The number of anilines is 6. The fraction of sp³-hybridized carbons (Fsp3) is 0.481. The molecule has 0 amide bonds. The summed E-state index contributed by atoms with van der Waals surface area (Å²) in [5.74, 6) is 0.